The second-order valence-electron chi connectivity index (χ2n) is 4.92. The van der Waals surface area contributed by atoms with Crippen LogP contribution in [0.4, 0.5) is 0 Å². The van der Waals surface area contributed by atoms with Crippen molar-refractivity contribution in [2.24, 2.45) is 4.99 Å². The predicted octanol–water partition coefficient (Wildman–Crippen LogP) is 3.76. The molecule has 23 heavy (non-hydrogen) atoms. The lowest BCUT2D eigenvalue weighted by Crippen LogP contribution is -2.40. The summed E-state index contributed by atoms with van der Waals surface area (Å²) in [5.41, 5.74) is 0.887. The van der Waals surface area contributed by atoms with Gasteiger partial charge in [0.1, 0.15) is 0 Å². The van der Waals surface area contributed by atoms with Crippen molar-refractivity contribution in [2.45, 2.75) is 12.6 Å². The fourth-order valence-corrected chi connectivity index (χ4v) is 3.25. The molecular formula is C16H21ClIN3OS. The standard InChI is InChI=1S/C16H20ClN3OS.HI/c1-18-16(20(2)11-13-8-9-15(17)22-13)19-10-14(21)12-6-4-3-5-7-12;/h3-9,14,21H,10-11H2,1-2H3,(H,18,19);1H. The quantitative estimate of drug-likeness (QED) is 0.402. The number of guanidine groups is 1. The molecule has 1 atom stereocenters. The summed E-state index contributed by atoms with van der Waals surface area (Å²) in [5, 5.41) is 13.4. The first-order chi connectivity index (χ1) is 10.6. The second-order valence-corrected chi connectivity index (χ2v) is 6.72. The third-order valence-corrected chi connectivity index (χ3v) is 4.45. The fraction of sp³-hybridized carbons (Fsp3) is 0.312. The van der Waals surface area contributed by atoms with E-state index in [9.17, 15) is 5.11 Å². The Hall–Kier alpha value is -0.830. The summed E-state index contributed by atoms with van der Waals surface area (Å²) in [6.45, 7) is 1.13. The molecule has 2 aromatic rings. The molecule has 4 nitrogen and oxygen atoms in total. The van der Waals surface area contributed by atoms with Gasteiger partial charge >= 0.3 is 0 Å². The average molecular weight is 466 g/mol. The van der Waals surface area contributed by atoms with Gasteiger partial charge in [-0.2, -0.15) is 0 Å². The number of hydrogen-bond donors (Lipinski definition) is 2. The van der Waals surface area contributed by atoms with E-state index < -0.39 is 6.10 Å². The molecule has 0 bridgehead atoms. The third-order valence-electron chi connectivity index (χ3n) is 3.23. The van der Waals surface area contributed by atoms with E-state index in [1.54, 1.807) is 18.4 Å². The lowest BCUT2D eigenvalue weighted by Gasteiger charge is -2.22. The van der Waals surface area contributed by atoms with Gasteiger partial charge in [0.25, 0.3) is 0 Å². The largest absolute Gasteiger partial charge is 0.387 e. The Kier molecular flexibility index (Phi) is 8.90. The van der Waals surface area contributed by atoms with Crippen molar-refractivity contribution in [1.29, 1.82) is 0 Å². The highest BCUT2D eigenvalue weighted by Gasteiger charge is 2.11. The van der Waals surface area contributed by atoms with Crippen LogP contribution in [0.3, 0.4) is 0 Å². The van der Waals surface area contributed by atoms with Gasteiger partial charge in [-0.1, -0.05) is 41.9 Å². The number of aliphatic imine (C=N–C) groups is 1. The number of benzene rings is 1. The number of aliphatic hydroxyl groups excluding tert-OH is 1. The molecule has 0 fully saturated rings. The molecule has 0 saturated heterocycles. The van der Waals surface area contributed by atoms with Gasteiger partial charge in [0.2, 0.25) is 0 Å². The topological polar surface area (TPSA) is 47.9 Å². The molecule has 0 aliphatic heterocycles. The summed E-state index contributed by atoms with van der Waals surface area (Å²) in [4.78, 5) is 7.41. The number of aliphatic hydroxyl groups is 1. The molecule has 1 aromatic heterocycles. The van der Waals surface area contributed by atoms with Crippen LogP contribution in [0.15, 0.2) is 47.5 Å². The Balaban J connectivity index is 0.00000264. The Morgan fingerprint density at radius 2 is 2.00 bits per heavy atom. The number of hydrogen-bond acceptors (Lipinski definition) is 3. The van der Waals surface area contributed by atoms with Gasteiger partial charge in [0.15, 0.2) is 5.96 Å². The molecule has 0 saturated carbocycles. The minimum absolute atomic E-state index is 0. The van der Waals surface area contributed by atoms with Gasteiger partial charge in [-0.3, -0.25) is 4.99 Å². The SMILES string of the molecule is CN=C(NCC(O)c1ccccc1)N(C)Cc1ccc(Cl)s1.I. The first kappa shape index (κ1) is 20.2. The lowest BCUT2D eigenvalue weighted by atomic mass is 10.1. The Labute approximate surface area is 163 Å². The van der Waals surface area contributed by atoms with Gasteiger partial charge in [0.05, 0.1) is 17.0 Å². The normalized spacial score (nSPS) is 12.4. The molecular weight excluding hydrogens is 445 g/mol. The van der Waals surface area contributed by atoms with Gasteiger partial charge < -0.3 is 15.3 Å². The molecule has 0 aliphatic carbocycles. The maximum atomic E-state index is 10.2. The number of rotatable bonds is 5. The molecule has 1 heterocycles. The van der Waals surface area contributed by atoms with Gasteiger partial charge in [-0.25, -0.2) is 0 Å². The van der Waals surface area contributed by atoms with E-state index >= 15 is 0 Å². The van der Waals surface area contributed by atoms with Crippen molar-refractivity contribution in [3.05, 3.63) is 57.2 Å². The number of nitrogens with one attached hydrogen (secondary N) is 1. The minimum Gasteiger partial charge on any atom is -0.387 e. The first-order valence-electron chi connectivity index (χ1n) is 6.99. The molecule has 1 aromatic carbocycles. The Morgan fingerprint density at radius 3 is 2.57 bits per heavy atom. The van der Waals surface area contributed by atoms with Gasteiger partial charge in [-0.15, -0.1) is 35.3 Å². The zero-order chi connectivity index (χ0) is 15.9. The number of thiophene rings is 1. The van der Waals surface area contributed by atoms with Crippen LogP contribution in [-0.2, 0) is 6.54 Å². The lowest BCUT2D eigenvalue weighted by molar-refractivity contribution is 0.179. The minimum atomic E-state index is -0.567. The predicted molar refractivity (Wildman–Crippen MR) is 109 cm³/mol. The summed E-state index contributed by atoms with van der Waals surface area (Å²) in [6.07, 6.45) is -0.567. The molecule has 2 N–H and O–H groups in total. The van der Waals surface area contributed by atoms with E-state index in [-0.39, 0.29) is 24.0 Å². The molecule has 0 radical (unpaired) electrons. The van der Waals surface area contributed by atoms with Crippen LogP contribution in [0.1, 0.15) is 16.5 Å². The molecule has 0 amide bonds. The smallest absolute Gasteiger partial charge is 0.193 e. The summed E-state index contributed by atoms with van der Waals surface area (Å²) < 4.78 is 0.783. The van der Waals surface area contributed by atoms with E-state index in [4.69, 9.17) is 11.6 Å². The van der Waals surface area contributed by atoms with Crippen molar-refractivity contribution in [1.82, 2.24) is 10.2 Å². The van der Waals surface area contributed by atoms with E-state index in [1.165, 1.54) is 4.88 Å². The Bertz CT molecular complexity index is 621. The highest BCUT2D eigenvalue weighted by atomic mass is 127. The van der Waals surface area contributed by atoms with Gasteiger partial charge in [0, 0.05) is 25.5 Å². The number of nitrogens with zero attached hydrogens (tertiary/aromatic N) is 2. The fourth-order valence-electron chi connectivity index (χ4n) is 2.11. The maximum absolute atomic E-state index is 10.2. The zero-order valence-electron chi connectivity index (χ0n) is 13.1. The Morgan fingerprint density at radius 1 is 1.30 bits per heavy atom. The van der Waals surface area contributed by atoms with Crippen LogP contribution >= 0.6 is 46.9 Å². The molecule has 0 aliphatic rings. The molecule has 126 valence electrons. The van der Waals surface area contributed by atoms with Crippen LogP contribution in [-0.4, -0.2) is 36.6 Å². The maximum Gasteiger partial charge on any atom is 0.193 e. The molecule has 1 unspecified atom stereocenters. The molecule has 0 spiro atoms. The van der Waals surface area contributed by atoms with Crippen LogP contribution < -0.4 is 5.32 Å². The van der Waals surface area contributed by atoms with E-state index in [0.717, 1.165) is 22.4 Å². The summed E-state index contributed by atoms with van der Waals surface area (Å²) in [5.74, 6) is 0.736. The monoisotopic (exact) mass is 465 g/mol. The zero-order valence-corrected chi connectivity index (χ0v) is 17.0. The second kappa shape index (κ2) is 10.1. The van der Waals surface area contributed by atoms with Crippen LogP contribution in [0.5, 0.6) is 0 Å². The number of halogens is 2. The van der Waals surface area contributed by atoms with E-state index in [2.05, 4.69) is 10.3 Å². The first-order valence-corrected chi connectivity index (χ1v) is 8.18. The van der Waals surface area contributed by atoms with Crippen molar-refractivity contribution < 1.29 is 5.11 Å². The van der Waals surface area contributed by atoms with Crippen LogP contribution in [0.25, 0.3) is 0 Å². The van der Waals surface area contributed by atoms with E-state index in [1.807, 2.05) is 54.4 Å². The molecule has 7 heteroatoms. The van der Waals surface area contributed by atoms with Crippen molar-refractivity contribution >= 4 is 52.9 Å². The average Bonchev–Trinajstić information content (AvgIpc) is 2.93. The van der Waals surface area contributed by atoms with E-state index in [0.29, 0.717) is 6.54 Å². The summed E-state index contributed by atoms with van der Waals surface area (Å²) >= 11 is 7.51. The highest BCUT2D eigenvalue weighted by Crippen LogP contribution is 2.22. The van der Waals surface area contributed by atoms with Crippen molar-refractivity contribution in [3.8, 4) is 0 Å². The van der Waals surface area contributed by atoms with Crippen LogP contribution in [0, 0.1) is 0 Å². The molecule has 2 rings (SSSR count). The highest BCUT2D eigenvalue weighted by molar-refractivity contribution is 14.0. The van der Waals surface area contributed by atoms with Crippen molar-refractivity contribution in [2.75, 3.05) is 20.6 Å². The summed E-state index contributed by atoms with van der Waals surface area (Å²) in [7, 11) is 3.69. The third kappa shape index (κ3) is 6.29. The van der Waals surface area contributed by atoms with Gasteiger partial charge in [-0.05, 0) is 17.7 Å². The van der Waals surface area contributed by atoms with Crippen molar-refractivity contribution in [3.63, 3.8) is 0 Å². The van der Waals surface area contributed by atoms with Crippen LogP contribution in [0.2, 0.25) is 4.34 Å². The summed E-state index contributed by atoms with van der Waals surface area (Å²) in [6, 6.07) is 13.5.